The summed E-state index contributed by atoms with van der Waals surface area (Å²) in [5, 5.41) is 0. The molecule has 0 aromatic carbocycles. The highest BCUT2D eigenvalue weighted by Gasteiger charge is 2.36. The standard InChI is InChI=1S/C7H13NO/c8-7-5-1-2-6(7)4-9-3-5/h5-7H,1-4,8H2/t5-,6+,7?. The average molecular weight is 127 g/mol. The molecule has 1 unspecified atom stereocenters. The van der Waals surface area contributed by atoms with Crippen molar-refractivity contribution in [3.8, 4) is 0 Å². The maximum atomic E-state index is 5.90. The Morgan fingerprint density at radius 3 is 2.11 bits per heavy atom. The van der Waals surface area contributed by atoms with Crippen molar-refractivity contribution in [2.45, 2.75) is 18.9 Å². The first kappa shape index (κ1) is 5.69. The van der Waals surface area contributed by atoms with Gasteiger partial charge in [0.25, 0.3) is 0 Å². The first-order valence-corrected chi connectivity index (χ1v) is 3.71. The van der Waals surface area contributed by atoms with Gasteiger partial charge in [-0.1, -0.05) is 0 Å². The maximum Gasteiger partial charge on any atom is 0.0509 e. The van der Waals surface area contributed by atoms with E-state index in [4.69, 9.17) is 10.5 Å². The largest absolute Gasteiger partial charge is 0.381 e. The predicted molar refractivity (Wildman–Crippen MR) is 35.0 cm³/mol. The Kier molecular flexibility index (Phi) is 1.24. The molecule has 1 saturated heterocycles. The van der Waals surface area contributed by atoms with Crippen molar-refractivity contribution >= 4 is 0 Å². The number of nitrogens with two attached hydrogens (primary N) is 1. The van der Waals surface area contributed by atoms with E-state index in [1.807, 2.05) is 0 Å². The quantitative estimate of drug-likeness (QED) is 0.510. The molecule has 1 saturated carbocycles. The summed E-state index contributed by atoms with van der Waals surface area (Å²) < 4.78 is 5.35. The highest BCUT2D eigenvalue weighted by Crippen LogP contribution is 2.33. The van der Waals surface area contributed by atoms with Gasteiger partial charge in [0, 0.05) is 6.04 Å². The second-order valence-electron chi connectivity index (χ2n) is 3.21. The molecule has 0 radical (unpaired) electrons. The van der Waals surface area contributed by atoms with E-state index < -0.39 is 0 Å². The Labute approximate surface area is 55.4 Å². The van der Waals surface area contributed by atoms with Crippen LogP contribution in [0.1, 0.15) is 12.8 Å². The number of ether oxygens (including phenoxy) is 1. The van der Waals surface area contributed by atoms with Crippen LogP contribution in [0.2, 0.25) is 0 Å². The SMILES string of the molecule is NC1[C@@H]2CC[C@H]1COC2. The van der Waals surface area contributed by atoms with Crippen LogP contribution in [0.3, 0.4) is 0 Å². The molecule has 52 valence electrons. The Morgan fingerprint density at radius 2 is 1.67 bits per heavy atom. The van der Waals surface area contributed by atoms with E-state index in [9.17, 15) is 0 Å². The van der Waals surface area contributed by atoms with E-state index in [0.29, 0.717) is 17.9 Å². The number of hydrogen-bond donors (Lipinski definition) is 1. The van der Waals surface area contributed by atoms with Crippen LogP contribution in [0, 0.1) is 11.8 Å². The zero-order valence-corrected chi connectivity index (χ0v) is 5.55. The van der Waals surface area contributed by atoms with Gasteiger partial charge >= 0.3 is 0 Å². The van der Waals surface area contributed by atoms with E-state index in [2.05, 4.69) is 0 Å². The zero-order chi connectivity index (χ0) is 6.27. The minimum Gasteiger partial charge on any atom is -0.381 e. The monoisotopic (exact) mass is 127 g/mol. The lowest BCUT2D eigenvalue weighted by molar-refractivity contribution is 0.0342. The second kappa shape index (κ2) is 1.96. The lowest BCUT2D eigenvalue weighted by Crippen LogP contribution is -2.40. The normalized spacial score (nSPS) is 49.7. The van der Waals surface area contributed by atoms with Gasteiger partial charge in [-0.25, -0.2) is 0 Å². The molecule has 1 heterocycles. The van der Waals surface area contributed by atoms with E-state index >= 15 is 0 Å². The van der Waals surface area contributed by atoms with Crippen molar-refractivity contribution in [2.75, 3.05) is 13.2 Å². The van der Waals surface area contributed by atoms with Crippen LogP contribution in [-0.4, -0.2) is 19.3 Å². The Morgan fingerprint density at radius 1 is 1.11 bits per heavy atom. The minimum atomic E-state index is 0.457. The third kappa shape index (κ3) is 0.775. The molecule has 1 aliphatic heterocycles. The smallest absolute Gasteiger partial charge is 0.0509 e. The molecule has 2 bridgehead atoms. The Bertz CT molecular complexity index is 99.5. The summed E-state index contributed by atoms with van der Waals surface area (Å²) in [5.41, 5.74) is 5.90. The molecule has 0 aromatic rings. The van der Waals surface area contributed by atoms with E-state index in [1.54, 1.807) is 0 Å². The van der Waals surface area contributed by atoms with Crippen molar-refractivity contribution in [1.29, 1.82) is 0 Å². The van der Waals surface area contributed by atoms with Gasteiger partial charge in [-0.05, 0) is 24.7 Å². The molecule has 0 aromatic heterocycles. The summed E-state index contributed by atoms with van der Waals surface area (Å²) in [6, 6.07) is 0.457. The molecule has 2 aliphatic rings. The highest BCUT2D eigenvalue weighted by molar-refractivity contribution is 4.90. The van der Waals surface area contributed by atoms with Crippen LogP contribution in [-0.2, 0) is 4.74 Å². The highest BCUT2D eigenvalue weighted by atomic mass is 16.5. The molecule has 2 heteroatoms. The molecule has 1 aliphatic carbocycles. The van der Waals surface area contributed by atoms with Crippen molar-refractivity contribution in [3.05, 3.63) is 0 Å². The lowest BCUT2D eigenvalue weighted by atomic mass is 9.98. The number of hydrogen-bond acceptors (Lipinski definition) is 2. The summed E-state index contributed by atoms with van der Waals surface area (Å²) in [5.74, 6) is 1.37. The molecule has 0 amide bonds. The van der Waals surface area contributed by atoms with Crippen LogP contribution in [0.25, 0.3) is 0 Å². The van der Waals surface area contributed by atoms with Crippen molar-refractivity contribution in [3.63, 3.8) is 0 Å². The molecular formula is C7H13NO. The van der Waals surface area contributed by atoms with Gasteiger partial charge in [-0.15, -0.1) is 0 Å². The Balaban J connectivity index is 2.10. The van der Waals surface area contributed by atoms with Gasteiger partial charge in [0.2, 0.25) is 0 Å². The van der Waals surface area contributed by atoms with Crippen molar-refractivity contribution in [1.82, 2.24) is 0 Å². The summed E-state index contributed by atoms with van der Waals surface area (Å²) in [4.78, 5) is 0. The van der Waals surface area contributed by atoms with Gasteiger partial charge in [0.15, 0.2) is 0 Å². The summed E-state index contributed by atoms with van der Waals surface area (Å²) in [6.07, 6.45) is 2.59. The van der Waals surface area contributed by atoms with E-state index in [-0.39, 0.29) is 0 Å². The van der Waals surface area contributed by atoms with Gasteiger partial charge in [-0.3, -0.25) is 0 Å². The third-order valence-electron chi connectivity index (χ3n) is 2.66. The van der Waals surface area contributed by atoms with Gasteiger partial charge in [0.1, 0.15) is 0 Å². The molecule has 0 spiro atoms. The van der Waals surface area contributed by atoms with Crippen LogP contribution >= 0.6 is 0 Å². The fourth-order valence-electron chi connectivity index (χ4n) is 1.96. The minimum absolute atomic E-state index is 0.457. The second-order valence-corrected chi connectivity index (χ2v) is 3.21. The predicted octanol–water partition coefficient (Wildman–Crippen LogP) is 0.370. The van der Waals surface area contributed by atoms with Crippen LogP contribution < -0.4 is 5.73 Å². The first-order valence-electron chi connectivity index (χ1n) is 3.71. The molecule has 2 rings (SSSR count). The molecular weight excluding hydrogens is 114 g/mol. The molecule has 3 atom stereocenters. The molecule has 2 N–H and O–H groups in total. The van der Waals surface area contributed by atoms with Gasteiger partial charge in [0.05, 0.1) is 13.2 Å². The zero-order valence-electron chi connectivity index (χ0n) is 5.55. The van der Waals surface area contributed by atoms with Gasteiger partial charge < -0.3 is 10.5 Å². The van der Waals surface area contributed by atoms with Crippen LogP contribution in [0.5, 0.6) is 0 Å². The lowest BCUT2D eigenvalue weighted by Gasteiger charge is -2.26. The molecule has 9 heavy (non-hydrogen) atoms. The third-order valence-corrected chi connectivity index (χ3v) is 2.66. The van der Waals surface area contributed by atoms with E-state index in [0.717, 1.165) is 13.2 Å². The van der Waals surface area contributed by atoms with Gasteiger partial charge in [-0.2, -0.15) is 0 Å². The topological polar surface area (TPSA) is 35.2 Å². The average Bonchev–Trinajstić information content (AvgIpc) is 2.19. The summed E-state index contributed by atoms with van der Waals surface area (Å²) in [7, 11) is 0. The fraction of sp³-hybridized carbons (Fsp3) is 1.00. The molecule has 2 fully saturated rings. The maximum absolute atomic E-state index is 5.90. The van der Waals surface area contributed by atoms with Crippen molar-refractivity contribution < 1.29 is 4.74 Å². The number of fused-ring (bicyclic) bond motifs is 2. The molecule has 2 nitrogen and oxygen atoms in total. The van der Waals surface area contributed by atoms with E-state index in [1.165, 1.54) is 12.8 Å². The summed E-state index contributed by atoms with van der Waals surface area (Å²) in [6.45, 7) is 1.83. The summed E-state index contributed by atoms with van der Waals surface area (Å²) >= 11 is 0. The number of rotatable bonds is 0. The fourth-order valence-corrected chi connectivity index (χ4v) is 1.96. The Hall–Kier alpha value is -0.0800. The first-order chi connectivity index (χ1) is 4.38. The van der Waals surface area contributed by atoms with Crippen molar-refractivity contribution in [2.24, 2.45) is 17.6 Å². The van der Waals surface area contributed by atoms with Crippen LogP contribution in [0.15, 0.2) is 0 Å². The van der Waals surface area contributed by atoms with Crippen LogP contribution in [0.4, 0.5) is 0 Å².